The van der Waals surface area contributed by atoms with E-state index in [-0.39, 0.29) is 10.5 Å². The van der Waals surface area contributed by atoms with Crippen LogP contribution >= 0.6 is 11.6 Å². The summed E-state index contributed by atoms with van der Waals surface area (Å²) in [6.45, 7) is -0.557. The number of esters is 1. The summed E-state index contributed by atoms with van der Waals surface area (Å²) >= 11 is 5.93. The first kappa shape index (κ1) is 20.8. The van der Waals surface area contributed by atoms with Crippen molar-refractivity contribution in [2.24, 2.45) is 0 Å². The lowest BCUT2D eigenvalue weighted by Gasteiger charge is -2.14. The number of sulfonamides is 1. The number of carbonyl (C=O) groups excluding carboxylic acids is 2. The number of anilines is 1. The maximum absolute atomic E-state index is 12.2. The fourth-order valence-electron chi connectivity index (χ4n) is 1.99. The van der Waals surface area contributed by atoms with Crippen molar-refractivity contribution in [3.8, 4) is 0 Å². The maximum Gasteiger partial charge on any atom is 0.338 e. The standard InChI is InChI=1S/C17H17ClN2O6S/c1-20(25-2)27(23,24)13-7-5-6-12(10-13)17(22)26-11-16(21)19-15-9-4-3-8-14(15)18/h3-10H,11H2,1-2H3,(H,19,21). The average Bonchev–Trinajstić information content (AvgIpc) is 2.67. The number of rotatable bonds is 7. The van der Waals surface area contributed by atoms with Crippen LogP contribution in [0.2, 0.25) is 5.02 Å². The summed E-state index contributed by atoms with van der Waals surface area (Å²) in [4.78, 5) is 28.5. The topological polar surface area (TPSA) is 102 Å². The summed E-state index contributed by atoms with van der Waals surface area (Å²) in [5, 5.41) is 2.85. The molecule has 0 saturated heterocycles. The molecule has 2 aromatic carbocycles. The van der Waals surface area contributed by atoms with Crippen LogP contribution in [0.5, 0.6) is 0 Å². The second-order valence-electron chi connectivity index (χ2n) is 5.23. The van der Waals surface area contributed by atoms with Gasteiger partial charge in [0.2, 0.25) is 0 Å². The smallest absolute Gasteiger partial charge is 0.338 e. The molecule has 0 fully saturated rings. The first-order valence-electron chi connectivity index (χ1n) is 7.60. The predicted octanol–water partition coefficient (Wildman–Crippen LogP) is 2.32. The van der Waals surface area contributed by atoms with Crippen molar-refractivity contribution in [3.63, 3.8) is 0 Å². The van der Waals surface area contributed by atoms with Gasteiger partial charge in [0.05, 0.1) is 28.3 Å². The first-order chi connectivity index (χ1) is 12.8. The third-order valence-corrected chi connectivity index (χ3v) is 5.45. The van der Waals surface area contributed by atoms with Gasteiger partial charge >= 0.3 is 5.97 Å². The Hall–Kier alpha value is -2.46. The number of amides is 1. The Morgan fingerprint density at radius 1 is 1.15 bits per heavy atom. The number of nitrogens with one attached hydrogen (secondary N) is 1. The maximum atomic E-state index is 12.2. The Bertz CT molecular complexity index is 948. The molecule has 2 aromatic rings. The lowest BCUT2D eigenvalue weighted by Crippen LogP contribution is -2.26. The zero-order valence-electron chi connectivity index (χ0n) is 14.5. The Morgan fingerprint density at radius 3 is 2.52 bits per heavy atom. The lowest BCUT2D eigenvalue weighted by molar-refractivity contribution is -0.119. The van der Waals surface area contributed by atoms with Crippen LogP contribution in [0.3, 0.4) is 0 Å². The van der Waals surface area contributed by atoms with Gasteiger partial charge in [0.15, 0.2) is 6.61 Å². The minimum absolute atomic E-state index is 0.0221. The number of para-hydroxylation sites is 1. The molecule has 0 aliphatic carbocycles. The van der Waals surface area contributed by atoms with Crippen molar-refractivity contribution in [2.45, 2.75) is 4.90 Å². The van der Waals surface area contributed by atoms with Crippen LogP contribution in [-0.2, 0) is 24.4 Å². The molecular formula is C17H17ClN2O6S. The van der Waals surface area contributed by atoms with E-state index in [4.69, 9.17) is 16.3 Å². The van der Waals surface area contributed by atoms with E-state index in [1.54, 1.807) is 24.3 Å². The quantitative estimate of drug-likeness (QED) is 0.553. The molecule has 8 nitrogen and oxygen atoms in total. The van der Waals surface area contributed by atoms with Crippen LogP contribution < -0.4 is 5.32 Å². The Labute approximate surface area is 161 Å². The van der Waals surface area contributed by atoms with Gasteiger partial charge in [0, 0.05) is 7.05 Å². The molecule has 144 valence electrons. The SMILES string of the molecule is CON(C)S(=O)(=O)c1cccc(C(=O)OCC(=O)Nc2ccccc2Cl)c1. The van der Waals surface area contributed by atoms with Gasteiger partial charge in [-0.05, 0) is 30.3 Å². The average molecular weight is 413 g/mol. The summed E-state index contributed by atoms with van der Waals surface area (Å²) in [5.74, 6) is -1.43. The van der Waals surface area contributed by atoms with Gasteiger partial charge < -0.3 is 10.1 Å². The third-order valence-electron chi connectivity index (χ3n) is 3.45. The van der Waals surface area contributed by atoms with E-state index in [0.29, 0.717) is 15.2 Å². The number of carbonyl (C=O) groups is 2. The van der Waals surface area contributed by atoms with E-state index >= 15 is 0 Å². The molecule has 0 aromatic heterocycles. The number of benzene rings is 2. The van der Waals surface area contributed by atoms with E-state index < -0.39 is 28.5 Å². The van der Waals surface area contributed by atoms with Crippen molar-refractivity contribution < 1.29 is 27.6 Å². The highest BCUT2D eigenvalue weighted by atomic mass is 35.5. The van der Waals surface area contributed by atoms with Crippen molar-refractivity contribution in [2.75, 3.05) is 26.1 Å². The van der Waals surface area contributed by atoms with Crippen molar-refractivity contribution in [3.05, 3.63) is 59.1 Å². The Morgan fingerprint density at radius 2 is 1.85 bits per heavy atom. The second kappa shape index (κ2) is 8.96. The number of hydroxylamine groups is 1. The Kier molecular flexibility index (Phi) is 6.92. The first-order valence-corrected chi connectivity index (χ1v) is 9.42. The zero-order valence-corrected chi connectivity index (χ0v) is 16.1. The summed E-state index contributed by atoms with van der Waals surface area (Å²) in [7, 11) is -1.49. The minimum Gasteiger partial charge on any atom is -0.452 e. The van der Waals surface area contributed by atoms with Gasteiger partial charge in [-0.25, -0.2) is 13.2 Å². The van der Waals surface area contributed by atoms with Gasteiger partial charge in [-0.1, -0.05) is 34.3 Å². The largest absolute Gasteiger partial charge is 0.452 e. The molecule has 1 N–H and O–H groups in total. The molecule has 1 amide bonds. The molecule has 0 bridgehead atoms. The number of hydrogen-bond donors (Lipinski definition) is 1. The fourth-order valence-corrected chi connectivity index (χ4v) is 3.20. The molecule has 0 radical (unpaired) electrons. The summed E-state index contributed by atoms with van der Waals surface area (Å²) in [5.41, 5.74) is 0.363. The van der Waals surface area contributed by atoms with Crippen LogP contribution in [0.25, 0.3) is 0 Å². The molecule has 0 aliphatic heterocycles. The summed E-state index contributed by atoms with van der Waals surface area (Å²) in [6, 6.07) is 11.8. The fraction of sp³-hybridized carbons (Fsp3) is 0.176. The molecule has 0 spiro atoms. The summed E-state index contributed by atoms with van der Waals surface area (Å²) in [6.07, 6.45) is 0. The molecule has 0 aliphatic rings. The van der Waals surface area contributed by atoms with E-state index in [2.05, 4.69) is 10.2 Å². The molecule has 0 atom stereocenters. The monoisotopic (exact) mass is 412 g/mol. The van der Waals surface area contributed by atoms with E-state index in [0.717, 1.165) is 6.07 Å². The molecule has 0 saturated carbocycles. The van der Waals surface area contributed by atoms with Crippen LogP contribution in [0.4, 0.5) is 5.69 Å². The molecular weight excluding hydrogens is 396 g/mol. The van der Waals surface area contributed by atoms with Crippen LogP contribution in [0.15, 0.2) is 53.4 Å². The minimum atomic E-state index is -3.91. The number of nitrogens with zero attached hydrogens (tertiary/aromatic N) is 1. The molecule has 0 heterocycles. The highest BCUT2D eigenvalue weighted by molar-refractivity contribution is 7.89. The normalized spacial score (nSPS) is 11.3. The molecule has 10 heteroatoms. The number of halogens is 1. The Balaban J connectivity index is 2.03. The van der Waals surface area contributed by atoms with Gasteiger partial charge in [0.25, 0.3) is 15.9 Å². The van der Waals surface area contributed by atoms with Crippen LogP contribution in [0, 0.1) is 0 Å². The molecule has 2 rings (SSSR count). The van der Waals surface area contributed by atoms with E-state index in [9.17, 15) is 18.0 Å². The van der Waals surface area contributed by atoms with Crippen molar-refractivity contribution in [1.82, 2.24) is 4.47 Å². The van der Waals surface area contributed by atoms with Crippen LogP contribution in [0.1, 0.15) is 10.4 Å². The van der Waals surface area contributed by atoms with E-state index in [1.165, 1.54) is 32.4 Å². The van der Waals surface area contributed by atoms with Crippen molar-refractivity contribution >= 4 is 39.2 Å². The van der Waals surface area contributed by atoms with Gasteiger partial charge in [-0.15, -0.1) is 0 Å². The number of hydrogen-bond acceptors (Lipinski definition) is 6. The molecule has 0 unspecified atom stereocenters. The highest BCUT2D eigenvalue weighted by Crippen LogP contribution is 2.20. The second-order valence-corrected chi connectivity index (χ2v) is 7.57. The highest BCUT2D eigenvalue weighted by Gasteiger charge is 2.22. The van der Waals surface area contributed by atoms with Gasteiger partial charge in [0.1, 0.15) is 0 Å². The van der Waals surface area contributed by atoms with E-state index in [1.807, 2.05) is 0 Å². The lowest BCUT2D eigenvalue weighted by atomic mass is 10.2. The zero-order chi connectivity index (χ0) is 20.0. The molecule has 27 heavy (non-hydrogen) atoms. The number of ether oxygens (including phenoxy) is 1. The summed E-state index contributed by atoms with van der Waals surface area (Å²) < 4.78 is 30.0. The van der Waals surface area contributed by atoms with Crippen LogP contribution in [-0.4, -0.2) is 45.5 Å². The van der Waals surface area contributed by atoms with Gasteiger partial charge in [-0.3, -0.25) is 9.63 Å². The third kappa shape index (κ3) is 5.27. The predicted molar refractivity (Wildman–Crippen MR) is 98.8 cm³/mol. The van der Waals surface area contributed by atoms with Gasteiger partial charge in [-0.2, -0.15) is 0 Å². The van der Waals surface area contributed by atoms with Crippen molar-refractivity contribution in [1.29, 1.82) is 0 Å².